The Labute approximate surface area is 368 Å². The highest BCUT2D eigenvalue weighted by Gasteiger charge is 2.51. The number of rotatable bonds is 39. The molecule has 0 aromatic rings. The summed E-state index contributed by atoms with van der Waals surface area (Å²) in [4.78, 5) is 35.7. The maximum Gasteiger partial charge on any atom is 0.472 e. The van der Waals surface area contributed by atoms with Crippen molar-refractivity contribution < 1.29 is 63.1 Å². The predicted octanol–water partition coefficient (Wildman–Crippen LogP) is 9.39. The van der Waals surface area contributed by atoms with Gasteiger partial charge in [0.25, 0.3) is 0 Å². The molecule has 0 spiro atoms. The predicted molar refractivity (Wildman–Crippen MR) is 240 cm³/mol. The number of phosphoric acid groups is 1. The van der Waals surface area contributed by atoms with E-state index in [4.69, 9.17) is 18.5 Å². The van der Waals surface area contributed by atoms with E-state index in [1.54, 1.807) is 0 Å². The van der Waals surface area contributed by atoms with Gasteiger partial charge in [0.2, 0.25) is 0 Å². The van der Waals surface area contributed by atoms with Gasteiger partial charge in [-0.2, -0.15) is 0 Å². The van der Waals surface area contributed by atoms with Gasteiger partial charge in [-0.25, -0.2) is 4.57 Å². The lowest BCUT2D eigenvalue weighted by molar-refractivity contribution is -0.220. The monoisotopic (exact) mass is 889 g/mol. The summed E-state index contributed by atoms with van der Waals surface area (Å²) in [5, 5.41) is 50.2. The number of allylic oxidation sites excluding steroid dienone is 6. The first kappa shape index (κ1) is 57.1. The lowest BCUT2D eigenvalue weighted by Gasteiger charge is -2.41. The van der Waals surface area contributed by atoms with E-state index >= 15 is 0 Å². The lowest BCUT2D eigenvalue weighted by atomic mass is 9.85. The van der Waals surface area contributed by atoms with E-state index in [9.17, 15) is 44.6 Å². The fourth-order valence-electron chi connectivity index (χ4n) is 7.18. The molecule has 13 nitrogen and oxygen atoms in total. The van der Waals surface area contributed by atoms with Gasteiger partial charge in [0, 0.05) is 12.8 Å². The molecule has 61 heavy (non-hydrogen) atoms. The molecule has 6 atom stereocenters. The van der Waals surface area contributed by atoms with Crippen LogP contribution in [0.2, 0.25) is 0 Å². The first-order chi connectivity index (χ1) is 29.4. The third-order valence-electron chi connectivity index (χ3n) is 11.0. The molecule has 1 saturated carbocycles. The zero-order valence-electron chi connectivity index (χ0n) is 37.7. The first-order valence-electron chi connectivity index (χ1n) is 23.8. The smallest absolute Gasteiger partial charge is 0.462 e. The van der Waals surface area contributed by atoms with Gasteiger partial charge in [0.15, 0.2) is 6.10 Å². The molecule has 0 aromatic carbocycles. The molecule has 0 heterocycles. The number of aliphatic hydroxyl groups excluding tert-OH is 5. The molecule has 0 aliphatic heterocycles. The van der Waals surface area contributed by atoms with Gasteiger partial charge in [0.1, 0.15) is 43.2 Å². The van der Waals surface area contributed by atoms with Crippen LogP contribution < -0.4 is 0 Å². The summed E-state index contributed by atoms with van der Waals surface area (Å²) >= 11 is 0. The number of carbonyl (C=O) groups excluding carboxylic acids is 2. The number of ether oxygens (including phenoxy) is 2. The highest BCUT2D eigenvalue weighted by atomic mass is 31.2. The molecule has 356 valence electrons. The van der Waals surface area contributed by atoms with E-state index in [-0.39, 0.29) is 12.8 Å². The summed E-state index contributed by atoms with van der Waals surface area (Å²) in [5.74, 6) is -1.11. The van der Waals surface area contributed by atoms with Crippen molar-refractivity contribution in [2.45, 2.75) is 236 Å². The minimum absolute atomic E-state index is 0.0869. The van der Waals surface area contributed by atoms with Crippen LogP contribution >= 0.6 is 7.82 Å². The van der Waals surface area contributed by atoms with Crippen LogP contribution in [0.15, 0.2) is 36.5 Å². The largest absolute Gasteiger partial charge is 0.472 e. The van der Waals surface area contributed by atoms with E-state index in [0.29, 0.717) is 12.8 Å². The van der Waals surface area contributed by atoms with Gasteiger partial charge in [-0.1, -0.05) is 172 Å². The molecule has 1 aliphatic carbocycles. The minimum Gasteiger partial charge on any atom is -0.462 e. The van der Waals surface area contributed by atoms with E-state index < -0.39 is 75.7 Å². The normalized spacial score (nSPS) is 22.3. The summed E-state index contributed by atoms with van der Waals surface area (Å²) in [6.07, 6.45) is 29.1. The first-order valence-corrected chi connectivity index (χ1v) is 25.3. The number of hydrogen-bond acceptors (Lipinski definition) is 12. The third-order valence-corrected chi connectivity index (χ3v) is 12.0. The average Bonchev–Trinajstić information content (AvgIpc) is 3.24. The van der Waals surface area contributed by atoms with E-state index in [1.807, 2.05) is 0 Å². The van der Waals surface area contributed by atoms with Crippen LogP contribution in [-0.4, -0.2) is 98.3 Å². The molecule has 0 radical (unpaired) electrons. The van der Waals surface area contributed by atoms with Crippen molar-refractivity contribution in [3.8, 4) is 0 Å². The van der Waals surface area contributed by atoms with Crippen LogP contribution in [0.3, 0.4) is 0 Å². The molecule has 0 bridgehead atoms. The van der Waals surface area contributed by atoms with E-state index in [2.05, 4.69) is 50.3 Å². The zero-order valence-corrected chi connectivity index (χ0v) is 38.6. The summed E-state index contributed by atoms with van der Waals surface area (Å²) < 4.78 is 33.6. The van der Waals surface area contributed by atoms with Crippen LogP contribution in [0.4, 0.5) is 0 Å². The van der Waals surface area contributed by atoms with Crippen molar-refractivity contribution in [2.75, 3.05) is 13.2 Å². The number of carbonyl (C=O) groups is 2. The lowest BCUT2D eigenvalue weighted by Crippen LogP contribution is -2.64. The van der Waals surface area contributed by atoms with Gasteiger partial charge in [-0.3, -0.25) is 18.6 Å². The van der Waals surface area contributed by atoms with Crippen molar-refractivity contribution in [1.82, 2.24) is 0 Å². The Hall–Kier alpha value is -1.93. The molecule has 1 rings (SSSR count). The minimum atomic E-state index is -5.12. The molecule has 6 unspecified atom stereocenters. The summed E-state index contributed by atoms with van der Waals surface area (Å²) in [5.41, 5.74) is 0. The van der Waals surface area contributed by atoms with Gasteiger partial charge in [-0.15, -0.1) is 0 Å². The second-order valence-electron chi connectivity index (χ2n) is 16.6. The Kier molecular flexibility index (Phi) is 35.0. The topological polar surface area (TPSA) is 210 Å². The van der Waals surface area contributed by atoms with Crippen LogP contribution in [-0.2, 0) is 32.7 Å². The second-order valence-corrected chi connectivity index (χ2v) is 18.0. The third kappa shape index (κ3) is 30.0. The highest BCUT2D eigenvalue weighted by Crippen LogP contribution is 2.47. The van der Waals surface area contributed by atoms with Crippen molar-refractivity contribution in [2.24, 2.45) is 0 Å². The molecule has 14 heteroatoms. The number of esters is 2. The zero-order chi connectivity index (χ0) is 45.0. The maximum absolute atomic E-state index is 12.8. The molecular weight excluding hydrogens is 803 g/mol. The van der Waals surface area contributed by atoms with Gasteiger partial charge in [-0.05, 0) is 44.9 Å². The molecule has 0 aromatic heterocycles. The van der Waals surface area contributed by atoms with Crippen molar-refractivity contribution in [1.29, 1.82) is 0 Å². The van der Waals surface area contributed by atoms with Crippen LogP contribution in [0.25, 0.3) is 0 Å². The molecule has 0 saturated heterocycles. The average molecular weight is 889 g/mol. The molecule has 0 amide bonds. The Bertz CT molecular complexity index is 1210. The summed E-state index contributed by atoms with van der Waals surface area (Å²) in [6, 6.07) is 0. The van der Waals surface area contributed by atoms with E-state index in [0.717, 1.165) is 83.5 Å². The van der Waals surface area contributed by atoms with Gasteiger partial charge in [0.05, 0.1) is 6.61 Å². The summed E-state index contributed by atoms with van der Waals surface area (Å²) in [7, 11) is -5.12. The van der Waals surface area contributed by atoms with Crippen molar-refractivity contribution in [3.05, 3.63) is 36.5 Å². The Morgan fingerprint density at radius 3 is 1.43 bits per heavy atom. The second kappa shape index (κ2) is 37.4. The highest BCUT2D eigenvalue weighted by molar-refractivity contribution is 7.47. The standard InChI is InChI=1S/C47H85O13P/c1-3-5-7-9-11-13-15-17-19-20-22-24-26-28-30-32-34-36-41(49)59-39(38-58-61(55,56)60-47-45(53)43(51)42(50)44(52)46(47)54)37-57-40(48)35-33-31-29-27-25-23-21-18-16-14-12-10-8-6-4-2/h5,7,11,13,17,19,39,42-47,50-54H,3-4,6,8-10,12,14-16,18,20-38H2,1-2H3,(H,55,56)/b7-5-,13-11-,19-17-. The van der Waals surface area contributed by atoms with Gasteiger partial charge < -0.3 is 39.9 Å². The molecule has 1 aliphatic rings. The molecule has 6 N–H and O–H groups in total. The molecular formula is C47H85O13P. The Morgan fingerprint density at radius 2 is 0.934 bits per heavy atom. The van der Waals surface area contributed by atoms with E-state index in [1.165, 1.54) is 70.6 Å². The molecule has 1 fully saturated rings. The van der Waals surface area contributed by atoms with Crippen LogP contribution in [0.1, 0.15) is 194 Å². The summed E-state index contributed by atoms with van der Waals surface area (Å²) in [6.45, 7) is 3.19. The number of unbranched alkanes of at least 4 members (excludes halogenated alkanes) is 21. The van der Waals surface area contributed by atoms with Crippen LogP contribution in [0, 0.1) is 0 Å². The fourth-order valence-corrected chi connectivity index (χ4v) is 8.16. The number of aliphatic hydroxyl groups is 5. The SMILES string of the molecule is CC/C=C\C/C=C\C/C=C\CCCCCCCCCC(=O)OC(COC(=O)CCCCCCCCCCCCCCCCC)COP(=O)(O)OC1C(O)C(O)C(O)C(O)C1O. The number of phosphoric ester groups is 1. The van der Waals surface area contributed by atoms with Gasteiger partial charge >= 0.3 is 19.8 Å². The fraction of sp³-hybridized carbons (Fsp3) is 0.830. The quantitative estimate of drug-likeness (QED) is 0.0147. The Balaban J connectivity index is 2.44. The number of hydrogen-bond donors (Lipinski definition) is 6. The maximum atomic E-state index is 12.8. The van der Waals surface area contributed by atoms with Crippen molar-refractivity contribution >= 4 is 19.8 Å². The van der Waals surface area contributed by atoms with Crippen molar-refractivity contribution in [3.63, 3.8) is 0 Å². The Morgan fingerprint density at radius 1 is 0.525 bits per heavy atom. The van der Waals surface area contributed by atoms with Crippen LogP contribution in [0.5, 0.6) is 0 Å².